The van der Waals surface area contributed by atoms with E-state index in [4.69, 9.17) is 5.10 Å². The number of amides is 1. The number of nitrogens with zero attached hydrogens (tertiary/aromatic N) is 5. The average molecular weight is 575 g/mol. The number of fused-ring (bicyclic) bond motifs is 1. The van der Waals surface area contributed by atoms with Crippen LogP contribution in [0.15, 0.2) is 77.8 Å². The van der Waals surface area contributed by atoms with Crippen LogP contribution in [-0.4, -0.2) is 36.7 Å². The molecule has 7 heteroatoms. The van der Waals surface area contributed by atoms with Gasteiger partial charge in [0.15, 0.2) is 0 Å². The van der Waals surface area contributed by atoms with Gasteiger partial charge in [0.05, 0.1) is 18.1 Å². The van der Waals surface area contributed by atoms with E-state index in [-0.39, 0.29) is 11.9 Å². The number of aryl methyl sites for hydroxylation is 2. The second kappa shape index (κ2) is 12.6. The molecule has 0 saturated heterocycles. The molecule has 0 bridgehead atoms. The molecule has 1 unspecified atom stereocenters. The van der Waals surface area contributed by atoms with Gasteiger partial charge in [-0.15, -0.1) is 0 Å². The van der Waals surface area contributed by atoms with E-state index in [2.05, 4.69) is 73.7 Å². The molecular weight excluding hydrogens is 538 g/mol. The third-order valence-corrected chi connectivity index (χ3v) is 7.90. The zero-order chi connectivity index (χ0) is 26.3. The predicted molar refractivity (Wildman–Crippen MR) is 155 cm³/mol. The summed E-state index contributed by atoms with van der Waals surface area (Å²) in [6.45, 7) is 4.50. The Bertz CT molecular complexity index is 1310. The SMILES string of the molecule is CCCCCCCCn1nc(-c2ccccc2)c2c1C(=O)N(CCCn1ccnc1)C2c1ccc(Br)cc1. The Hall–Kier alpha value is -3.19. The van der Waals surface area contributed by atoms with Gasteiger partial charge < -0.3 is 9.47 Å². The number of unbranched alkanes of at least 4 members (excludes halogenated alkanes) is 5. The molecule has 0 aliphatic carbocycles. The van der Waals surface area contributed by atoms with Gasteiger partial charge in [-0.05, 0) is 30.5 Å². The maximum absolute atomic E-state index is 14.1. The van der Waals surface area contributed by atoms with Crippen molar-refractivity contribution in [3.63, 3.8) is 0 Å². The molecule has 0 saturated carbocycles. The zero-order valence-corrected chi connectivity index (χ0v) is 23.7. The van der Waals surface area contributed by atoms with Crippen LogP contribution in [0.25, 0.3) is 11.3 Å². The Labute approximate surface area is 233 Å². The monoisotopic (exact) mass is 573 g/mol. The molecule has 0 radical (unpaired) electrons. The average Bonchev–Trinajstić information content (AvgIpc) is 3.65. The summed E-state index contributed by atoms with van der Waals surface area (Å²) in [5, 5.41) is 5.08. The summed E-state index contributed by atoms with van der Waals surface area (Å²) in [6.07, 6.45) is 13.7. The highest BCUT2D eigenvalue weighted by Crippen LogP contribution is 2.44. The lowest BCUT2D eigenvalue weighted by Gasteiger charge is -2.27. The smallest absolute Gasteiger partial charge is 0.273 e. The first-order chi connectivity index (χ1) is 18.7. The van der Waals surface area contributed by atoms with Crippen molar-refractivity contribution in [2.45, 2.75) is 71.0 Å². The van der Waals surface area contributed by atoms with E-state index in [9.17, 15) is 4.79 Å². The maximum Gasteiger partial charge on any atom is 0.273 e. The van der Waals surface area contributed by atoms with Gasteiger partial charge in [0.25, 0.3) is 5.91 Å². The fourth-order valence-corrected chi connectivity index (χ4v) is 5.71. The molecule has 0 spiro atoms. The molecule has 0 fully saturated rings. The Balaban J connectivity index is 1.49. The lowest BCUT2D eigenvalue weighted by molar-refractivity contribution is 0.0734. The third kappa shape index (κ3) is 5.78. The lowest BCUT2D eigenvalue weighted by Crippen LogP contribution is -2.32. The molecular formula is C31H36BrN5O. The molecule has 198 valence electrons. The number of aromatic nitrogens is 4. The molecule has 3 heterocycles. The molecule has 0 N–H and O–H groups in total. The molecule has 5 rings (SSSR count). The number of carbonyl (C=O) groups is 1. The normalized spacial score (nSPS) is 14.8. The van der Waals surface area contributed by atoms with Crippen molar-refractivity contribution in [3.8, 4) is 11.3 Å². The predicted octanol–water partition coefficient (Wildman–Crippen LogP) is 7.51. The van der Waals surface area contributed by atoms with E-state index in [1.807, 2.05) is 35.4 Å². The number of rotatable bonds is 13. The number of imidazole rings is 1. The van der Waals surface area contributed by atoms with Gasteiger partial charge in [0.1, 0.15) is 5.69 Å². The van der Waals surface area contributed by atoms with Crippen molar-refractivity contribution in [2.24, 2.45) is 0 Å². The van der Waals surface area contributed by atoms with Crippen molar-refractivity contribution in [1.29, 1.82) is 0 Å². The van der Waals surface area contributed by atoms with E-state index in [0.717, 1.165) is 64.9 Å². The summed E-state index contributed by atoms with van der Waals surface area (Å²) < 4.78 is 5.10. The van der Waals surface area contributed by atoms with Gasteiger partial charge >= 0.3 is 0 Å². The number of carbonyl (C=O) groups excluding carboxylic acids is 1. The van der Waals surface area contributed by atoms with Gasteiger partial charge in [-0.25, -0.2) is 4.98 Å². The summed E-state index contributed by atoms with van der Waals surface area (Å²) in [6, 6.07) is 18.5. The number of benzene rings is 2. The van der Waals surface area contributed by atoms with Crippen LogP contribution < -0.4 is 0 Å². The van der Waals surface area contributed by atoms with Crippen LogP contribution in [0.1, 0.15) is 79.5 Å². The summed E-state index contributed by atoms with van der Waals surface area (Å²) >= 11 is 3.58. The van der Waals surface area contributed by atoms with Crippen LogP contribution in [0.3, 0.4) is 0 Å². The fraction of sp³-hybridized carbons (Fsp3) is 0.387. The summed E-state index contributed by atoms with van der Waals surface area (Å²) in [5.41, 5.74) is 4.88. The van der Waals surface area contributed by atoms with Crippen LogP contribution in [0.4, 0.5) is 0 Å². The first kappa shape index (κ1) is 26.4. The largest absolute Gasteiger partial charge is 0.337 e. The first-order valence-corrected chi connectivity index (χ1v) is 14.6. The van der Waals surface area contributed by atoms with Crippen molar-refractivity contribution in [2.75, 3.05) is 6.54 Å². The summed E-state index contributed by atoms with van der Waals surface area (Å²) in [5.74, 6) is 0.0826. The molecule has 2 aromatic heterocycles. The molecule has 2 aromatic carbocycles. The molecule has 1 aliphatic rings. The van der Waals surface area contributed by atoms with E-state index >= 15 is 0 Å². The van der Waals surface area contributed by atoms with Crippen LogP contribution >= 0.6 is 15.9 Å². The molecule has 1 amide bonds. The second-order valence-electron chi connectivity index (χ2n) is 10.1. The highest BCUT2D eigenvalue weighted by molar-refractivity contribution is 9.10. The highest BCUT2D eigenvalue weighted by atomic mass is 79.9. The molecule has 1 aliphatic heterocycles. The fourth-order valence-electron chi connectivity index (χ4n) is 5.45. The van der Waals surface area contributed by atoms with E-state index in [1.165, 1.54) is 25.7 Å². The van der Waals surface area contributed by atoms with Crippen LogP contribution in [0.2, 0.25) is 0 Å². The van der Waals surface area contributed by atoms with E-state index < -0.39 is 0 Å². The topological polar surface area (TPSA) is 56.0 Å². The maximum atomic E-state index is 14.1. The minimum absolute atomic E-state index is 0.0826. The van der Waals surface area contributed by atoms with Crippen molar-refractivity contribution in [1.82, 2.24) is 24.2 Å². The summed E-state index contributed by atoms with van der Waals surface area (Å²) in [4.78, 5) is 20.3. The van der Waals surface area contributed by atoms with Gasteiger partial charge in [0.2, 0.25) is 0 Å². The van der Waals surface area contributed by atoms with Crippen LogP contribution in [0.5, 0.6) is 0 Å². The zero-order valence-electron chi connectivity index (χ0n) is 22.1. The quantitative estimate of drug-likeness (QED) is 0.155. The van der Waals surface area contributed by atoms with Gasteiger partial charge in [0, 0.05) is 47.6 Å². The van der Waals surface area contributed by atoms with Crippen molar-refractivity contribution < 1.29 is 4.79 Å². The second-order valence-corrected chi connectivity index (χ2v) is 11.0. The number of hydrogen-bond acceptors (Lipinski definition) is 3. The standard InChI is InChI=1S/C31H36BrN5O/c1-2-3-4-5-6-10-21-37-30-27(28(34-37)24-12-8-7-9-13-24)29(25-14-16-26(32)17-15-25)36(31(30)38)20-11-19-35-22-18-33-23-35/h7-9,12-18,22-23,29H,2-6,10-11,19-21H2,1H3. The first-order valence-electron chi connectivity index (χ1n) is 13.9. The number of halogens is 1. The highest BCUT2D eigenvalue weighted by Gasteiger charge is 2.43. The Morgan fingerprint density at radius 3 is 2.37 bits per heavy atom. The van der Waals surface area contributed by atoms with Crippen molar-refractivity contribution in [3.05, 3.63) is 94.6 Å². The van der Waals surface area contributed by atoms with E-state index in [0.29, 0.717) is 6.54 Å². The molecule has 1 atom stereocenters. The van der Waals surface area contributed by atoms with Gasteiger partial charge in [-0.3, -0.25) is 9.48 Å². The van der Waals surface area contributed by atoms with Crippen molar-refractivity contribution >= 4 is 21.8 Å². The van der Waals surface area contributed by atoms with Gasteiger partial charge in [-0.1, -0.05) is 97.4 Å². The minimum Gasteiger partial charge on any atom is -0.337 e. The lowest BCUT2D eigenvalue weighted by atomic mass is 9.96. The summed E-state index contributed by atoms with van der Waals surface area (Å²) in [7, 11) is 0. The van der Waals surface area contributed by atoms with Gasteiger partial charge in [-0.2, -0.15) is 5.10 Å². The van der Waals surface area contributed by atoms with E-state index in [1.54, 1.807) is 6.20 Å². The number of hydrogen-bond donors (Lipinski definition) is 0. The van der Waals surface area contributed by atoms with Crippen LogP contribution in [0, 0.1) is 0 Å². The molecule has 38 heavy (non-hydrogen) atoms. The Morgan fingerprint density at radius 1 is 0.868 bits per heavy atom. The molecule has 6 nitrogen and oxygen atoms in total. The van der Waals surface area contributed by atoms with Crippen LogP contribution in [-0.2, 0) is 13.1 Å². The Kier molecular flexibility index (Phi) is 8.74. The minimum atomic E-state index is -0.165. The third-order valence-electron chi connectivity index (χ3n) is 7.37. The Morgan fingerprint density at radius 2 is 1.63 bits per heavy atom. The molecule has 4 aromatic rings.